The average molecular weight is 453 g/mol. The molecule has 0 radical (unpaired) electrons. The zero-order valence-corrected chi connectivity index (χ0v) is 17.8. The smallest absolute Gasteiger partial charge is 0.280 e. The molecule has 0 bridgehead atoms. The fraction of sp³-hybridized carbons (Fsp3) is 0.158. The molecule has 9 heteroatoms. The first-order chi connectivity index (χ1) is 13.3. The van der Waals surface area contributed by atoms with Gasteiger partial charge in [0.05, 0.1) is 43.0 Å². The van der Waals surface area contributed by atoms with E-state index in [4.69, 9.17) is 29.6 Å². The van der Waals surface area contributed by atoms with E-state index in [0.29, 0.717) is 20.3 Å². The number of halogens is 2. The largest absolute Gasteiger partial charge is 0.303 e. The van der Waals surface area contributed by atoms with E-state index in [-0.39, 0.29) is 27.6 Å². The summed E-state index contributed by atoms with van der Waals surface area (Å²) < 4.78 is 26.9. The lowest BCUT2D eigenvalue weighted by Gasteiger charge is -2.06. The van der Waals surface area contributed by atoms with Crippen molar-refractivity contribution in [3.63, 3.8) is 0 Å². The molecule has 0 aliphatic heterocycles. The SMILES string of the molecule is C#CCn1c(=NC(=O)c2ccccc2S(=O)(=O)CC)sc2c(Cl)ccc(Cl)c21. The average Bonchev–Trinajstić information content (AvgIpc) is 3.04. The number of aromatic nitrogens is 1. The van der Waals surface area contributed by atoms with Crippen LogP contribution in [0.1, 0.15) is 17.3 Å². The molecule has 1 aromatic heterocycles. The van der Waals surface area contributed by atoms with Crippen LogP contribution in [0.5, 0.6) is 0 Å². The van der Waals surface area contributed by atoms with Crippen LogP contribution in [0.15, 0.2) is 46.3 Å². The number of carbonyl (C=O) groups excluding carboxylic acids is 1. The molecule has 0 fully saturated rings. The number of rotatable bonds is 4. The molecule has 3 aromatic rings. The Morgan fingerprint density at radius 1 is 1.21 bits per heavy atom. The standard InChI is InChI=1S/C19H14Cl2N2O3S2/c1-3-11-23-16-13(20)9-10-14(21)17(16)27-19(23)22-18(24)12-7-5-6-8-15(12)28(25,26)4-2/h1,5-10H,4,11H2,2H3. The highest BCUT2D eigenvalue weighted by molar-refractivity contribution is 7.91. The third-order valence-corrected chi connectivity index (χ3v) is 7.64. The van der Waals surface area contributed by atoms with Crippen molar-refractivity contribution in [2.75, 3.05) is 5.75 Å². The summed E-state index contributed by atoms with van der Waals surface area (Å²) in [6.45, 7) is 1.64. The minimum Gasteiger partial charge on any atom is -0.303 e. The third-order valence-electron chi connectivity index (χ3n) is 4.01. The number of sulfone groups is 1. The molecule has 3 rings (SSSR count). The van der Waals surface area contributed by atoms with E-state index in [2.05, 4.69) is 10.9 Å². The van der Waals surface area contributed by atoms with Crippen LogP contribution in [0.3, 0.4) is 0 Å². The van der Waals surface area contributed by atoms with Crippen molar-refractivity contribution in [2.24, 2.45) is 4.99 Å². The summed E-state index contributed by atoms with van der Waals surface area (Å²) in [7, 11) is -3.58. The van der Waals surface area contributed by atoms with Gasteiger partial charge in [-0.1, -0.05) is 59.5 Å². The Labute approximate surface area is 176 Å². The number of nitrogens with zero attached hydrogens (tertiary/aromatic N) is 2. The summed E-state index contributed by atoms with van der Waals surface area (Å²) in [4.78, 5) is 17.2. The summed E-state index contributed by atoms with van der Waals surface area (Å²) in [5.74, 6) is 1.70. The van der Waals surface area contributed by atoms with Gasteiger partial charge in [-0.05, 0) is 24.3 Å². The predicted molar refractivity (Wildman–Crippen MR) is 113 cm³/mol. The summed E-state index contributed by atoms with van der Waals surface area (Å²) in [6, 6.07) is 9.28. The van der Waals surface area contributed by atoms with Crippen LogP contribution in [0.4, 0.5) is 0 Å². The van der Waals surface area contributed by atoms with Gasteiger partial charge < -0.3 is 4.57 Å². The van der Waals surface area contributed by atoms with Crippen molar-refractivity contribution in [1.82, 2.24) is 4.57 Å². The van der Waals surface area contributed by atoms with Gasteiger partial charge >= 0.3 is 0 Å². The number of terminal acetylenes is 1. The highest BCUT2D eigenvalue weighted by atomic mass is 35.5. The molecule has 5 nitrogen and oxygen atoms in total. The fourth-order valence-corrected chi connectivity index (χ4v) is 5.38. The molecule has 144 valence electrons. The van der Waals surface area contributed by atoms with Crippen molar-refractivity contribution in [2.45, 2.75) is 18.4 Å². The first-order valence-corrected chi connectivity index (χ1v) is 11.3. The van der Waals surface area contributed by atoms with Crippen LogP contribution < -0.4 is 4.80 Å². The molecule has 0 N–H and O–H groups in total. The molecule has 0 unspecified atom stereocenters. The van der Waals surface area contributed by atoms with E-state index in [9.17, 15) is 13.2 Å². The van der Waals surface area contributed by atoms with Crippen molar-refractivity contribution < 1.29 is 13.2 Å². The second kappa shape index (κ2) is 8.10. The predicted octanol–water partition coefficient (Wildman–Crippen LogP) is 4.18. The van der Waals surface area contributed by atoms with E-state index >= 15 is 0 Å². The minimum atomic E-state index is -3.58. The molecule has 1 heterocycles. The molecule has 2 aromatic carbocycles. The van der Waals surface area contributed by atoms with E-state index in [0.717, 1.165) is 11.3 Å². The van der Waals surface area contributed by atoms with Crippen LogP contribution in [0.25, 0.3) is 10.2 Å². The van der Waals surface area contributed by atoms with Crippen LogP contribution in [-0.4, -0.2) is 24.6 Å². The molecule has 28 heavy (non-hydrogen) atoms. The Balaban J connectivity index is 2.26. The lowest BCUT2D eigenvalue weighted by molar-refractivity contribution is 0.0994. The Morgan fingerprint density at radius 3 is 2.57 bits per heavy atom. The number of amides is 1. The van der Waals surface area contributed by atoms with Gasteiger partial charge in [-0.15, -0.1) is 6.42 Å². The first kappa shape index (κ1) is 20.6. The van der Waals surface area contributed by atoms with Gasteiger partial charge in [0.2, 0.25) is 0 Å². The van der Waals surface area contributed by atoms with Crippen LogP contribution in [0, 0.1) is 12.3 Å². The molecule has 0 spiro atoms. The van der Waals surface area contributed by atoms with Gasteiger partial charge in [-0.2, -0.15) is 4.99 Å². The first-order valence-electron chi connectivity index (χ1n) is 8.11. The minimum absolute atomic E-state index is 0.00579. The normalized spacial score (nSPS) is 12.3. The molecule has 0 atom stereocenters. The van der Waals surface area contributed by atoms with Crippen LogP contribution in [-0.2, 0) is 16.4 Å². The number of thiazole rings is 1. The van der Waals surface area contributed by atoms with Gasteiger partial charge in [-0.3, -0.25) is 4.79 Å². The van der Waals surface area contributed by atoms with Gasteiger partial charge in [0, 0.05) is 0 Å². The third kappa shape index (κ3) is 3.74. The number of fused-ring (bicyclic) bond motifs is 1. The number of carbonyl (C=O) groups is 1. The van der Waals surface area contributed by atoms with E-state index in [1.54, 1.807) is 28.8 Å². The molecular formula is C19H14Cl2N2O3S2. The second-order valence-electron chi connectivity index (χ2n) is 5.70. The van der Waals surface area contributed by atoms with E-state index < -0.39 is 15.7 Å². The summed E-state index contributed by atoms with van der Waals surface area (Å²) >= 11 is 13.7. The topological polar surface area (TPSA) is 68.5 Å². The number of hydrogen-bond donors (Lipinski definition) is 0. The quantitative estimate of drug-likeness (QED) is 0.557. The maximum absolute atomic E-state index is 12.8. The van der Waals surface area contributed by atoms with Gasteiger partial charge in [0.25, 0.3) is 5.91 Å². The summed E-state index contributed by atoms with van der Waals surface area (Å²) in [5.41, 5.74) is 0.587. The van der Waals surface area contributed by atoms with E-state index in [1.807, 2.05) is 0 Å². The number of hydrogen-bond acceptors (Lipinski definition) is 4. The van der Waals surface area contributed by atoms with Crippen LogP contribution in [0.2, 0.25) is 10.0 Å². The maximum atomic E-state index is 12.8. The van der Waals surface area contributed by atoms with Crippen LogP contribution >= 0.6 is 34.5 Å². The lowest BCUT2D eigenvalue weighted by atomic mass is 10.2. The molecule has 1 amide bonds. The highest BCUT2D eigenvalue weighted by Crippen LogP contribution is 2.32. The van der Waals surface area contributed by atoms with Crippen molar-refractivity contribution in [1.29, 1.82) is 0 Å². The monoisotopic (exact) mass is 452 g/mol. The van der Waals surface area contributed by atoms with Gasteiger partial charge in [0.1, 0.15) is 0 Å². The Hall–Kier alpha value is -2.11. The van der Waals surface area contributed by atoms with Crippen molar-refractivity contribution in [3.05, 3.63) is 56.8 Å². The zero-order chi connectivity index (χ0) is 20.5. The summed E-state index contributed by atoms with van der Waals surface area (Å²) in [6.07, 6.45) is 5.46. The lowest BCUT2D eigenvalue weighted by Crippen LogP contribution is -2.18. The maximum Gasteiger partial charge on any atom is 0.280 e. The molecule has 0 saturated carbocycles. The highest BCUT2D eigenvalue weighted by Gasteiger charge is 2.21. The van der Waals surface area contributed by atoms with Crippen molar-refractivity contribution >= 4 is 60.5 Å². The Bertz CT molecular complexity index is 1300. The van der Waals surface area contributed by atoms with Gasteiger partial charge in [-0.25, -0.2) is 8.42 Å². The van der Waals surface area contributed by atoms with Gasteiger partial charge in [0.15, 0.2) is 14.6 Å². The number of benzene rings is 2. The Kier molecular flexibility index (Phi) is 5.96. The zero-order valence-electron chi connectivity index (χ0n) is 14.6. The molecule has 0 aliphatic rings. The second-order valence-corrected chi connectivity index (χ2v) is 9.74. The molecule has 0 saturated heterocycles. The fourth-order valence-electron chi connectivity index (χ4n) is 2.65. The Morgan fingerprint density at radius 2 is 1.89 bits per heavy atom. The molecular weight excluding hydrogens is 439 g/mol. The van der Waals surface area contributed by atoms with Crippen molar-refractivity contribution in [3.8, 4) is 12.3 Å². The molecule has 0 aliphatic carbocycles. The van der Waals surface area contributed by atoms with E-state index in [1.165, 1.54) is 19.1 Å². The summed E-state index contributed by atoms with van der Waals surface area (Å²) in [5, 5.41) is 0.881.